The Morgan fingerprint density at radius 1 is 1.17 bits per heavy atom. The predicted octanol–water partition coefficient (Wildman–Crippen LogP) is 2.30. The Kier molecular flexibility index (Phi) is 5.67. The largest absolute Gasteiger partial charge is 0.487 e. The van der Waals surface area contributed by atoms with Crippen molar-refractivity contribution in [3.05, 3.63) is 59.7 Å². The van der Waals surface area contributed by atoms with Crippen molar-refractivity contribution in [1.82, 2.24) is 9.88 Å². The highest BCUT2D eigenvalue weighted by Gasteiger charge is 2.44. The van der Waals surface area contributed by atoms with Crippen molar-refractivity contribution in [3.8, 4) is 5.75 Å². The smallest absolute Gasteiger partial charge is 0.341 e. The fraction of sp³-hybridized carbons (Fsp3) is 0.409. The van der Waals surface area contributed by atoms with Crippen LogP contribution in [0.5, 0.6) is 5.75 Å². The van der Waals surface area contributed by atoms with Crippen molar-refractivity contribution >= 4 is 11.9 Å². The van der Waals surface area contributed by atoms with E-state index in [1.54, 1.807) is 29.2 Å². The van der Waals surface area contributed by atoms with Crippen LogP contribution in [0.25, 0.3) is 0 Å². The lowest BCUT2D eigenvalue weighted by Gasteiger charge is -2.35. The second-order valence-electron chi connectivity index (χ2n) is 7.80. The number of methoxy groups -OCH3 is 1. The third kappa shape index (κ3) is 4.00. The van der Waals surface area contributed by atoms with Gasteiger partial charge < -0.3 is 19.5 Å². The standard InChI is InChI=1S/C22H23FN2O5/c1-29-22(28)17-4-2-3-5-19(17)30-20-8-15-12-25(11-14(15)7-18(20)26)21(27)13-6-16(23)10-24-9-13/h2-6,9-10,14-15,18,20,26H,7-8,11-12H2,1H3/t14-,15+,18+,20+/m0/s1. The number of nitrogens with zero attached hydrogens (tertiary/aromatic N) is 2. The number of aliphatic hydroxyl groups is 1. The number of halogens is 1. The Bertz CT molecular complexity index is 953. The highest BCUT2D eigenvalue weighted by atomic mass is 19.1. The monoisotopic (exact) mass is 414 g/mol. The number of likely N-dealkylation sites (tertiary alicyclic amines) is 1. The van der Waals surface area contributed by atoms with Crippen LogP contribution < -0.4 is 4.74 Å². The molecule has 0 bridgehead atoms. The number of amides is 1. The third-order valence-electron chi connectivity index (χ3n) is 5.89. The van der Waals surface area contributed by atoms with Crippen molar-refractivity contribution in [2.75, 3.05) is 20.2 Å². The van der Waals surface area contributed by atoms with Gasteiger partial charge in [-0.2, -0.15) is 0 Å². The van der Waals surface area contributed by atoms with Crippen LogP contribution in [0.3, 0.4) is 0 Å². The summed E-state index contributed by atoms with van der Waals surface area (Å²) < 4.78 is 24.2. The molecule has 1 saturated carbocycles. The van der Waals surface area contributed by atoms with Crippen LogP contribution in [-0.2, 0) is 4.74 Å². The van der Waals surface area contributed by atoms with Crippen LogP contribution in [0.2, 0.25) is 0 Å². The normalized spacial score (nSPS) is 25.5. The van der Waals surface area contributed by atoms with E-state index in [0.717, 1.165) is 6.20 Å². The highest BCUT2D eigenvalue weighted by molar-refractivity contribution is 5.94. The zero-order valence-corrected chi connectivity index (χ0v) is 16.5. The number of aliphatic hydroxyl groups excluding tert-OH is 1. The number of para-hydroxylation sites is 1. The average molecular weight is 414 g/mol. The first-order valence-electron chi connectivity index (χ1n) is 9.88. The summed E-state index contributed by atoms with van der Waals surface area (Å²) in [7, 11) is 1.30. The van der Waals surface area contributed by atoms with Gasteiger partial charge in [-0.25, -0.2) is 9.18 Å². The molecule has 0 radical (unpaired) electrons. The Balaban J connectivity index is 1.45. The lowest BCUT2D eigenvalue weighted by Crippen LogP contribution is -2.42. The van der Waals surface area contributed by atoms with Gasteiger partial charge in [-0.3, -0.25) is 9.78 Å². The SMILES string of the molecule is COC(=O)c1ccccc1O[C@@H]1C[C@@H]2CN(C(=O)c3cncc(F)c3)C[C@@H]2C[C@H]1O. The summed E-state index contributed by atoms with van der Waals surface area (Å²) in [5, 5.41) is 10.6. The van der Waals surface area contributed by atoms with Gasteiger partial charge in [0.15, 0.2) is 0 Å². The van der Waals surface area contributed by atoms with Gasteiger partial charge in [0.2, 0.25) is 0 Å². The molecule has 158 valence electrons. The number of carbonyl (C=O) groups excluding carboxylic acids is 2. The first-order chi connectivity index (χ1) is 14.5. The molecule has 1 N–H and O–H groups in total. The van der Waals surface area contributed by atoms with Crippen LogP contribution in [-0.4, -0.2) is 59.3 Å². The summed E-state index contributed by atoms with van der Waals surface area (Å²) in [6.07, 6.45) is 2.24. The summed E-state index contributed by atoms with van der Waals surface area (Å²) >= 11 is 0. The van der Waals surface area contributed by atoms with Crippen molar-refractivity contribution in [1.29, 1.82) is 0 Å². The molecule has 2 aromatic rings. The summed E-state index contributed by atoms with van der Waals surface area (Å²) in [4.78, 5) is 30.1. The van der Waals surface area contributed by atoms with Crippen LogP contribution in [0, 0.1) is 17.7 Å². The zero-order valence-electron chi connectivity index (χ0n) is 16.5. The number of fused-ring (bicyclic) bond motifs is 1. The lowest BCUT2D eigenvalue weighted by molar-refractivity contribution is -0.0237. The van der Waals surface area contributed by atoms with E-state index in [9.17, 15) is 19.1 Å². The van der Waals surface area contributed by atoms with Gasteiger partial charge in [0.05, 0.1) is 25.0 Å². The molecule has 1 amide bonds. The minimum Gasteiger partial charge on any atom is -0.487 e. The molecule has 1 aromatic carbocycles. The first-order valence-corrected chi connectivity index (χ1v) is 9.88. The van der Waals surface area contributed by atoms with E-state index in [1.807, 2.05) is 0 Å². The minimum atomic E-state index is -0.720. The maximum atomic E-state index is 13.4. The third-order valence-corrected chi connectivity index (χ3v) is 5.89. The number of aromatic nitrogens is 1. The molecular formula is C22H23FN2O5. The van der Waals surface area contributed by atoms with E-state index >= 15 is 0 Å². The first kappa shape index (κ1) is 20.3. The van der Waals surface area contributed by atoms with Crippen LogP contribution in [0.1, 0.15) is 33.6 Å². The summed E-state index contributed by atoms with van der Waals surface area (Å²) in [5.41, 5.74) is 0.519. The number of carbonyl (C=O) groups is 2. The van der Waals surface area contributed by atoms with Gasteiger partial charge in [0, 0.05) is 19.3 Å². The van der Waals surface area contributed by atoms with Crippen LogP contribution in [0.4, 0.5) is 4.39 Å². The average Bonchev–Trinajstić information content (AvgIpc) is 3.16. The van der Waals surface area contributed by atoms with Crippen LogP contribution in [0.15, 0.2) is 42.7 Å². The molecule has 2 heterocycles. The van der Waals surface area contributed by atoms with E-state index in [1.165, 1.54) is 19.4 Å². The summed E-state index contributed by atoms with van der Waals surface area (Å²) in [6, 6.07) is 7.94. The van der Waals surface area contributed by atoms with Gasteiger partial charge >= 0.3 is 5.97 Å². The lowest BCUT2D eigenvalue weighted by atomic mass is 9.78. The van der Waals surface area contributed by atoms with Crippen molar-refractivity contribution in [3.63, 3.8) is 0 Å². The van der Waals surface area contributed by atoms with Crippen molar-refractivity contribution in [2.45, 2.75) is 25.0 Å². The molecular weight excluding hydrogens is 391 g/mol. The number of hydrogen-bond acceptors (Lipinski definition) is 6. The maximum absolute atomic E-state index is 13.4. The van der Waals surface area contributed by atoms with E-state index < -0.39 is 24.0 Å². The zero-order chi connectivity index (χ0) is 21.3. The van der Waals surface area contributed by atoms with Gasteiger partial charge in [-0.1, -0.05) is 12.1 Å². The number of ether oxygens (including phenoxy) is 2. The number of pyridine rings is 1. The molecule has 7 nitrogen and oxygen atoms in total. The van der Waals surface area contributed by atoms with Gasteiger partial charge in [-0.15, -0.1) is 0 Å². The molecule has 0 unspecified atom stereocenters. The summed E-state index contributed by atoms with van der Waals surface area (Å²) in [5.74, 6) is -0.668. The fourth-order valence-corrected chi connectivity index (χ4v) is 4.41. The predicted molar refractivity (Wildman–Crippen MR) is 105 cm³/mol. The van der Waals surface area contributed by atoms with E-state index in [2.05, 4.69) is 4.98 Å². The quantitative estimate of drug-likeness (QED) is 0.773. The summed E-state index contributed by atoms with van der Waals surface area (Å²) in [6.45, 7) is 1.01. The second kappa shape index (κ2) is 8.39. The molecule has 8 heteroatoms. The Morgan fingerprint density at radius 3 is 2.63 bits per heavy atom. The Labute approximate surface area is 173 Å². The molecule has 2 fully saturated rings. The fourth-order valence-electron chi connectivity index (χ4n) is 4.41. The topological polar surface area (TPSA) is 89.0 Å². The minimum absolute atomic E-state index is 0.140. The number of esters is 1. The molecule has 4 rings (SSSR count). The van der Waals surface area contributed by atoms with E-state index in [-0.39, 0.29) is 23.3 Å². The second-order valence-corrected chi connectivity index (χ2v) is 7.80. The molecule has 4 atom stereocenters. The Morgan fingerprint density at radius 2 is 1.90 bits per heavy atom. The molecule has 2 aliphatic rings. The van der Waals surface area contributed by atoms with Gasteiger partial charge in [-0.05, 0) is 42.9 Å². The van der Waals surface area contributed by atoms with E-state index in [4.69, 9.17) is 9.47 Å². The van der Waals surface area contributed by atoms with Crippen molar-refractivity contribution in [2.24, 2.45) is 11.8 Å². The highest BCUT2D eigenvalue weighted by Crippen LogP contribution is 2.39. The number of hydrogen-bond donors (Lipinski definition) is 1. The van der Waals surface area contributed by atoms with Gasteiger partial charge in [0.25, 0.3) is 5.91 Å². The van der Waals surface area contributed by atoms with Crippen molar-refractivity contribution < 1.29 is 28.6 Å². The number of benzene rings is 1. The van der Waals surface area contributed by atoms with Gasteiger partial charge in [0.1, 0.15) is 23.2 Å². The maximum Gasteiger partial charge on any atom is 0.341 e. The number of rotatable bonds is 4. The molecule has 30 heavy (non-hydrogen) atoms. The van der Waals surface area contributed by atoms with Crippen LogP contribution >= 0.6 is 0 Å². The molecule has 0 spiro atoms. The molecule has 1 aliphatic heterocycles. The molecule has 1 aromatic heterocycles. The Hall–Kier alpha value is -3.00. The molecule has 1 saturated heterocycles. The molecule has 1 aliphatic carbocycles. The van der Waals surface area contributed by atoms with E-state index in [0.29, 0.717) is 37.2 Å².